The van der Waals surface area contributed by atoms with Gasteiger partial charge in [0.1, 0.15) is 0 Å². The Balaban J connectivity index is 1.76. The highest BCUT2D eigenvalue weighted by molar-refractivity contribution is 5.27. The minimum absolute atomic E-state index is 0.750. The van der Waals surface area contributed by atoms with Gasteiger partial charge in [0.25, 0.3) is 0 Å². The molecule has 0 aromatic heterocycles. The Kier molecular flexibility index (Phi) is 3.68. The van der Waals surface area contributed by atoms with Gasteiger partial charge in [0.05, 0.1) is 0 Å². The number of aryl methyl sites for hydroxylation is 1. The van der Waals surface area contributed by atoms with E-state index in [1.54, 1.807) is 0 Å². The summed E-state index contributed by atoms with van der Waals surface area (Å²) in [6.07, 6.45) is 5.38. The lowest BCUT2D eigenvalue weighted by molar-refractivity contribution is 0.394. The molecule has 0 radical (unpaired) electrons. The van der Waals surface area contributed by atoms with Crippen LogP contribution in [0, 0.1) is 6.92 Å². The predicted molar refractivity (Wildman–Crippen MR) is 81.6 cm³/mol. The molecule has 19 heavy (non-hydrogen) atoms. The lowest BCUT2D eigenvalue weighted by atomic mass is 9.75. The van der Waals surface area contributed by atoms with Crippen molar-refractivity contribution in [2.45, 2.75) is 44.4 Å². The summed E-state index contributed by atoms with van der Waals surface area (Å²) in [6.45, 7) is 2.16. The second kappa shape index (κ2) is 5.61. The molecule has 1 aliphatic carbocycles. The van der Waals surface area contributed by atoms with Crippen LogP contribution in [-0.4, -0.2) is 0 Å². The summed E-state index contributed by atoms with van der Waals surface area (Å²) >= 11 is 0. The number of benzene rings is 2. The zero-order valence-electron chi connectivity index (χ0n) is 11.7. The van der Waals surface area contributed by atoms with Gasteiger partial charge in [-0.05, 0) is 49.1 Å². The Labute approximate surface area is 116 Å². The molecule has 0 N–H and O–H groups in total. The van der Waals surface area contributed by atoms with Gasteiger partial charge >= 0.3 is 0 Å². The molecule has 1 saturated carbocycles. The lowest BCUT2D eigenvalue weighted by Gasteiger charge is -2.30. The first-order valence-electron chi connectivity index (χ1n) is 7.44. The molecule has 2 unspecified atom stereocenters. The van der Waals surface area contributed by atoms with E-state index in [0.717, 1.165) is 11.8 Å². The van der Waals surface area contributed by atoms with Gasteiger partial charge in [-0.15, -0.1) is 0 Å². The monoisotopic (exact) mass is 250 g/mol. The fourth-order valence-corrected chi connectivity index (χ4v) is 3.36. The summed E-state index contributed by atoms with van der Waals surface area (Å²) in [5, 5.41) is 0. The summed E-state index contributed by atoms with van der Waals surface area (Å²) in [4.78, 5) is 0. The fourth-order valence-electron chi connectivity index (χ4n) is 3.36. The van der Waals surface area contributed by atoms with E-state index in [1.807, 2.05) is 0 Å². The van der Waals surface area contributed by atoms with Gasteiger partial charge in [-0.2, -0.15) is 0 Å². The molecule has 3 rings (SSSR count). The van der Waals surface area contributed by atoms with Crippen molar-refractivity contribution in [1.29, 1.82) is 0 Å². The maximum atomic E-state index is 2.33. The molecule has 0 heterocycles. The second-order valence-corrected chi connectivity index (χ2v) is 5.88. The molecule has 0 nitrogen and oxygen atoms in total. The van der Waals surface area contributed by atoms with Crippen LogP contribution < -0.4 is 0 Å². The van der Waals surface area contributed by atoms with Gasteiger partial charge < -0.3 is 0 Å². The molecule has 1 fully saturated rings. The van der Waals surface area contributed by atoms with Crippen LogP contribution in [0.15, 0.2) is 54.6 Å². The van der Waals surface area contributed by atoms with Crippen molar-refractivity contribution in [3.05, 3.63) is 71.3 Å². The Hall–Kier alpha value is -1.56. The van der Waals surface area contributed by atoms with E-state index in [0.29, 0.717) is 0 Å². The Morgan fingerprint density at radius 2 is 1.32 bits per heavy atom. The van der Waals surface area contributed by atoms with E-state index in [2.05, 4.69) is 61.5 Å². The van der Waals surface area contributed by atoms with Gasteiger partial charge in [0.15, 0.2) is 0 Å². The molecule has 0 bridgehead atoms. The Morgan fingerprint density at radius 1 is 0.737 bits per heavy atom. The first-order valence-corrected chi connectivity index (χ1v) is 7.44. The largest absolute Gasteiger partial charge is 0.0622 e. The molecule has 0 heteroatoms. The van der Waals surface area contributed by atoms with Gasteiger partial charge in [-0.1, -0.05) is 66.6 Å². The molecule has 0 aliphatic heterocycles. The van der Waals surface area contributed by atoms with Crippen LogP contribution in [-0.2, 0) is 0 Å². The van der Waals surface area contributed by atoms with Gasteiger partial charge in [-0.25, -0.2) is 0 Å². The molecule has 0 spiro atoms. The van der Waals surface area contributed by atoms with Crippen LogP contribution in [0.5, 0.6) is 0 Å². The average molecular weight is 250 g/mol. The summed E-state index contributed by atoms with van der Waals surface area (Å²) in [7, 11) is 0. The van der Waals surface area contributed by atoms with E-state index >= 15 is 0 Å². The van der Waals surface area contributed by atoms with Crippen molar-refractivity contribution in [1.82, 2.24) is 0 Å². The van der Waals surface area contributed by atoms with Crippen molar-refractivity contribution in [2.75, 3.05) is 0 Å². The van der Waals surface area contributed by atoms with E-state index < -0.39 is 0 Å². The smallest absolute Gasteiger partial charge is 0.0156 e. The quantitative estimate of drug-likeness (QED) is 0.666. The standard InChI is InChI=1S/C19H22/c1-15-10-12-17(13-11-15)19-9-5-8-18(14-19)16-6-3-2-4-7-16/h2-4,6-7,10-13,18-19H,5,8-9,14H2,1H3. The SMILES string of the molecule is Cc1ccc(C2CCCC(c3ccccc3)C2)cc1. The van der Waals surface area contributed by atoms with Gasteiger partial charge in [0.2, 0.25) is 0 Å². The van der Waals surface area contributed by atoms with Gasteiger partial charge in [-0.3, -0.25) is 0 Å². The topological polar surface area (TPSA) is 0 Å². The lowest BCUT2D eigenvalue weighted by Crippen LogP contribution is -2.12. The average Bonchev–Trinajstić information content (AvgIpc) is 2.49. The van der Waals surface area contributed by atoms with E-state index in [1.165, 1.54) is 42.4 Å². The third-order valence-electron chi connectivity index (χ3n) is 4.49. The first-order chi connectivity index (χ1) is 9.33. The van der Waals surface area contributed by atoms with Crippen molar-refractivity contribution in [3.8, 4) is 0 Å². The Bertz CT molecular complexity index is 509. The third-order valence-corrected chi connectivity index (χ3v) is 4.49. The second-order valence-electron chi connectivity index (χ2n) is 5.88. The summed E-state index contributed by atoms with van der Waals surface area (Å²) < 4.78 is 0. The molecular weight excluding hydrogens is 228 g/mol. The zero-order chi connectivity index (χ0) is 13.1. The van der Waals surface area contributed by atoms with E-state index in [9.17, 15) is 0 Å². The minimum Gasteiger partial charge on any atom is -0.0622 e. The normalized spacial score (nSPS) is 23.2. The highest BCUT2D eigenvalue weighted by Crippen LogP contribution is 2.41. The maximum Gasteiger partial charge on any atom is -0.0156 e. The summed E-state index contributed by atoms with van der Waals surface area (Å²) in [5.41, 5.74) is 4.42. The summed E-state index contributed by atoms with van der Waals surface area (Å²) in [6, 6.07) is 20.2. The van der Waals surface area contributed by atoms with Crippen LogP contribution in [0.4, 0.5) is 0 Å². The molecule has 0 amide bonds. The zero-order valence-corrected chi connectivity index (χ0v) is 11.7. The van der Waals surface area contributed by atoms with Crippen LogP contribution in [0.3, 0.4) is 0 Å². The van der Waals surface area contributed by atoms with E-state index in [-0.39, 0.29) is 0 Å². The van der Waals surface area contributed by atoms with Crippen LogP contribution >= 0.6 is 0 Å². The number of rotatable bonds is 2. The first kappa shape index (κ1) is 12.5. The molecule has 0 saturated heterocycles. The van der Waals surface area contributed by atoms with E-state index in [4.69, 9.17) is 0 Å². The van der Waals surface area contributed by atoms with Gasteiger partial charge in [0, 0.05) is 0 Å². The molecule has 1 aliphatic rings. The van der Waals surface area contributed by atoms with Crippen molar-refractivity contribution in [3.63, 3.8) is 0 Å². The fraction of sp³-hybridized carbons (Fsp3) is 0.368. The molecule has 2 aromatic carbocycles. The molecule has 2 aromatic rings. The van der Waals surface area contributed by atoms with Crippen LogP contribution in [0.25, 0.3) is 0 Å². The number of hydrogen-bond acceptors (Lipinski definition) is 0. The Morgan fingerprint density at radius 3 is 1.95 bits per heavy atom. The minimum atomic E-state index is 0.750. The number of hydrogen-bond donors (Lipinski definition) is 0. The van der Waals surface area contributed by atoms with Crippen LogP contribution in [0.1, 0.15) is 54.2 Å². The third kappa shape index (κ3) is 2.89. The molecular formula is C19H22. The summed E-state index contributed by atoms with van der Waals surface area (Å²) in [5.74, 6) is 1.50. The van der Waals surface area contributed by atoms with Crippen molar-refractivity contribution >= 4 is 0 Å². The van der Waals surface area contributed by atoms with Crippen molar-refractivity contribution < 1.29 is 0 Å². The molecule has 98 valence electrons. The maximum absolute atomic E-state index is 2.33. The highest BCUT2D eigenvalue weighted by Gasteiger charge is 2.23. The molecule has 2 atom stereocenters. The highest BCUT2D eigenvalue weighted by atomic mass is 14.3. The van der Waals surface area contributed by atoms with Crippen molar-refractivity contribution in [2.24, 2.45) is 0 Å². The predicted octanol–water partition coefficient (Wildman–Crippen LogP) is 5.44. The van der Waals surface area contributed by atoms with Crippen LogP contribution in [0.2, 0.25) is 0 Å².